The molecule has 3 nitrogen and oxygen atoms in total. The second-order valence-corrected chi connectivity index (χ2v) is 4.55. The van der Waals surface area contributed by atoms with Crippen molar-refractivity contribution in [3.63, 3.8) is 0 Å². The van der Waals surface area contributed by atoms with Crippen molar-refractivity contribution in [2.45, 2.75) is 25.2 Å². The third-order valence-corrected chi connectivity index (χ3v) is 3.42. The lowest BCUT2D eigenvalue weighted by molar-refractivity contribution is 0.420. The van der Waals surface area contributed by atoms with Gasteiger partial charge in [0.2, 0.25) is 0 Å². The van der Waals surface area contributed by atoms with Gasteiger partial charge in [-0.25, -0.2) is 9.97 Å². The molecule has 86 valence electrons. The normalized spacial score (nSPS) is 15.5. The molecule has 2 N–H and O–H groups in total. The summed E-state index contributed by atoms with van der Waals surface area (Å²) < 4.78 is 0. The monoisotopic (exact) mass is 225 g/mol. The Morgan fingerprint density at radius 3 is 2.41 bits per heavy atom. The maximum absolute atomic E-state index is 5.65. The minimum atomic E-state index is 0.512. The molecule has 0 bridgehead atoms. The smallest absolute Gasteiger partial charge is 0.161 e. The van der Waals surface area contributed by atoms with Crippen molar-refractivity contribution < 1.29 is 0 Å². The van der Waals surface area contributed by atoms with Gasteiger partial charge in [-0.2, -0.15) is 0 Å². The Kier molecular flexibility index (Phi) is 2.52. The number of nitrogen functional groups attached to an aromatic ring is 1. The summed E-state index contributed by atoms with van der Waals surface area (Å²) in [6.07, 6.45) is 5.71. The quantitative estimate of drug-likeness (QED) is 0.854. The zero-order valence-corrected chi connectivity index (χ0v) is 9.63. The van der Waals surface area contributed by atoms with E-state index in [-0.39, 0.29) is 0 Å². The topological polar surface area (TPSA) is 51.8 Å². The van der Waals surface area contributed by atoms with E-state index in [2.05, 4.69) is 34.2 Å². The van der Waals surface area contributed by atoms with E-state index in [1.54, 1.807) is 12.3 Å². The summed E-state index contributed by atoms with van der Waals surface area (Å²) in [4.78, 5) is 8.45. The SMILES string of the molecule is Nc1ccnc(-c2ccc(C3CCC3)cc2)n1. The summed E-state index contributed by atoms with van der Waals surface area (Å²) in [5.74, 6) is 1.98. The molecule has 0 saturated heterocycles. The first-order valence-electron chi connectivity index (χ1n) is 6.02. The molecule has 17 heavy (non-hydrogen) atoms. The molecule has 0 aliphatic heterocycles. The number of benzene rings is 1. The molecule has 1 saturated carbocycles. The molecule has 3 rings (SSSR count). The van der Waals surface area contributed by atoms with Crippen molar-refractivity contribution in [2.75, 3.05) is 5.73 Å². The molecule has 0 unspecified atom stereocenters. The number of rotatable bonds is 2. The maximum atomic E-state index is 5.65. The molecule has 1 aliphatic carbocycles. The average molecular weight is 225 g/mol. The molecule has 0 radical (unpaired) electrons. The molecule has 1 heterocycles. The standard InChI is InChI=1S/C14H15N3/c15-13-8-9-16-14(17-13)12-6-4-11(5-7-12)10-2-1-3-10/h4-10H,1-3H2,(H2,15,16,17). The Morgan fingerprint density at radius 2 is 1.82 bits per heavy atom. The van der Waals surface area contributed by atoms with Gasteiger partial charge in [-0.1, -0.05) is 30.7 Å². The van der Waals surface area contributed by atoms with Gasteiger partial charge >= 0.3 is 0 Å². The van der Waals surface area contributed by atoms with Crippen molar-refractivity contribution in [1.29, 1.82) is 0 Å². The van der Waals surface area contributed by atoms with Gasteiger partial charge in [0, 0.05) is 11.8 Å². The molecular formula is C14H15N3. The predicted octanol–water partition coefficient (Wildman–Crippen LogP) is 2.99. The molecule has 1 aromatic heterocycles. The van der Waals surface area contributed by atoms with Crippen LogP contribution >= 0.6 is 0 Å². The summed E-state index contributed by atoms with van der Waals surface area (Å²) >= 11 is 0. The Labute approximate surface area is 101 Å². The second kappa shape index (κ2) is 4.17. The molecule has 3 heteroatoms. The van der Waals surface area contributed by atoms with Crippen molar-refractivity contribution in [3.8, 4) is 11.4 Å². The summed E-state index contributed by atoms with van der Waals surface area (Å²) in [6.45, 7) is 0. The van der Waals surface area contributed by atoms with Crippen LogP contribution in [0.25, 0.3) is 11.4 Å². The van der Waals surface area contributed by atoms with E-state index in [9.17, 15) is 0 Å². The highest BCUT2D eigenvalue weighted by atomic mass is 14.9. The first kappa shape index (κ1) is 10.3. The zero-order valence-electron chi connectivity index (χ0n) is 9.63. The van der Waals surface area contributed by atoms with Crippen LogP contribution in [0.1, 0.15) is 30.7 Å². The lowest BCUT2D eigenvalue weighted by atomic mass is 9.80. The largest absolute Gasteiger partial charge is 0.384 e. The maximum Gasteiger partial charge on any atom is 0.161 e. The van der Waals surface area contributed by atoms with Crippen LogP contribution in [-0.2, 0) is 0 Å². The van der Waals surface area contributed by atoms with E-state index >= 15 is 0 Å². The molecule has 0 spiro atoms. The van der Waals surface area contributed by atoms with Crippen LogP contribution < -0.4 is 5.73 Å². The number of hydrogen-bond donors (Lipinski definition) is 1. The Morgan fingerprint density at radius 1 is 1.06 bits per heavy atom. The van der Waals surface area contributed by atoms with Crippen LogP contribution in [0.2, 0.25) is 0 Å². The molecule has 1 aromatic carbocycles. The highest BCUT2D eigenvalue weighted by Crippen LogP contribution is 2.36. The van der Waals surface area contributed by atoms with Gasteiger partial charge in [0.05, 0.1) is 0 Å². The van der Waals surface area contributed by atoms with Crippen LogP contribution in [0, 0.1) is 0 Å². The third kappa shape index (κ3) is 2.00. The van der Waals surface area contributed by atoms with Gasteiger partial charge < -0.3 is 5.73 Å². The van der Waals surface area contributed by atoms with Gasteiger partial charge in [-0.05, 0) is 30.4 Å². The van der Waals surface area contributed by atoms with Crippen LogP contribution in [-0.4, -0.2) is 9.97 Å². The Hall–Kier alpha value is -1.90. The highest BCUT2D eigenvalue weighted by Gasteiger charge is 2.19. The fourth-order valence-electron chi connectivity index (χ4n) is 2.16. The van der Waals surface area contributed by atoms with Crippen molar-refractivity contribution >= 4 is 5.82 Å². The van der Waals surface area contributed by atoms with Gasteiger partial charge in [0.15, 0.2) is 5.82 Å². The predicted molar refractivity (Wildman–Crippen MR) is 68.5 cm³/mol. The van der Waals surface area contributed by atoms with Crippen LogP contribution in [0.5, 0.6) is 0 Å². The number of nitrogens with zero attached hydrogens (tertiary/aromatic N) is 2. The molecule has 0 atom stereocenters. The van der Waals surface area contributed by atoms with E-state index in [0.29, 0.717) is 11.6 Å². The molecule has 1 aliphatic rings. The number of nitrogens with two attached hydrogens (primary N) is 1. The zero-order chi connectivity index (χ0) is 11.7. The lowest BCUT2D eigenvalue weighted by Gasteiger charge is -2.25. The fraction of sp³-hybridized carbons (Fsp3) is 0.286. The summed E-state index contributed by atoms with van der Waals surface area (Å²) in [5.41, 5.74) is 8.12. The third-order valence-electron chi connectivity index (χ3n) is 3.42. The molecule has 0 amide bonds. The van der Waals surface area contributed by atoms with Crippen molar-refractivity contribution in [2.24, 2.45) is 0 Å². The van der Waals surface area contributed by atoms with Crippen LogP contribution in [0.15, 0.2) is 36.5 Å². The van der Waals surface area contributed by atoms with Crippen molar-refractivity contribution in [3.05, 3.63) is 42.1 Å². The lowest BCUT2D eigenvalue weighted by Crippen LogP contribution is -2.08. The van der Waals surface area contributed by atoms with E-state index < -0.39 is 0 Å². The molecule has 1 fully saturated rings. The van der Waals surface area contributed by atoms with Crippen LogP contribution in [0.3, 0.4) is 0 Å². The fourth-order valence-corrected chi connectivity index (χ4v) is 2.16. The minimum Gasteiger partial charge on any atom is -0.384 e. The van der Waals surface area contributed by atoms with E-state index in [4.69, 9.17) is 5.73 Å². The van der Waals surface area contributed by atoms with E-state index in [0.717, 1.165) is 11.5 Å². The van der Waals surface area contributed by atoms with Crippen molar-refractivity contribution in [1.82, 2.24) is 9.97 Å². The number of hydrogen-bond acceptors (Lipinski definition) is 3. The van der Waals surface area contributed by atoms with E-state index in [1.807, 2.05) is 0 Å². The number of aromatic nitrogens is 2. The van der Waals surface area contributed by atoms with Gasteiger partial charge in [-0.3, -0.25) is 0 Å². The minimum absolute atomic E-state index is 0.512. The number of anilines is 1. The van der Waals surface area contributed by atoms with Gasteiger partial charge in [-0.15, -0.1) is 0 Å². The van der Waals surface area contributed by atoms with E-state index in [1.165, 1.54) is 24.8 Å². The van der Waals surface area contributed by atoms with Gasteiger partial charge in [0.1, 0.15) is 5.82 Å². The Bertz CT molecular complexity index is 515. The summed E-state index contributed by atoms with van der Waals surface area (Å²) in [7, 11) is 0. The molecular weight excluding hydrogens is 210 g/mol. The second-order valence-electron chi connectivity index (χ2n) is 4.55. The van der Waals surface area contributed by atoms with Crippen LogP contribution in [0.4, 0.5) is 5.82 Å². The summed E-state index contributed by atoms with van der Waals surface area (Å²) in [6, 6.07) is 10.2. The Balaban J connectivity index is 1.88. The first-order valence-corrected chi connectivity index (χ1v) is 6.02. The molecule has 2 aromatic rings. The first-order chi connectivity index (χ1) is 8.33. The highest BCUT2D eigenvalue weighted by molar-refractivity contribution is 5.57. The summed E-state index contributed by atoms with van der Waals surface area (Å²) in [5, 5.41) is 0. The van der Waals surface area contributed by atoms with Gasteiger partial charge in [0.25, 0.3) is 0 Å². The average Bonchev–Trinajstić information content (AvgIpc) is 2.28.